The summed E-state index contributed by atoms with van der Waals surface area (Å²) in [6.45, 7) is 3.05. The molecule has 2 aliphatic rings. The SMILES string of the molecule is COc1ccc(-n2cc(C(=O)NC[C@@H]3CCCN4CCCC[C@H]34)c3ccccc3c2=O)cc1. The largest absolute Gasteiger partial charge is 0.497 e. The fourth-order valence-corrected chi connectivity index (χ4v) is 5.54. The fourth-order valence-electron chi connectivity index (χ4n) is 5.54. The number of rotatable bonds is 5. The Balaban J connectivity index is 1.44. The normalized spacial score (nSPS) is 20.9. The van der Waals surface area contributed by atoms with Crippen molar-refractivity contribution >= 4 is 16.7 Å². The zero-order chi connectivity index (χ0) is 22.8. The van der Waals surface area contributed by atoms with Crippen molar-refractivity contribution < 1.29 is 9.53 Å². The van der Waals surface area contributed by atoms with E-state index in [4.69, 9.17) is 4.74 Å². The average molecular weight is 446 g/mol. The molecule has 5 rings (SSSR count). The zero-order valence-corrected chi connectivity index (χ0v) is 19.1. The molecule has 0 bridgehead atoms. The molecule has 0 unspecified atom stereocenters. The lowest BCUT2D eigenvalue weighted by atomic mass is 9.83. The molecule has 0 aliphatic carbocycles. The first-order valence-electron chi connectivity index (χ1n) is 12.0. The second kappa shape index (κ2) is 9.40. The number of amides is 1. The summed E-state index contributed by atoms with van der Waals surface area (Å²) >= 11 is 0. The Bertz CT molecular complexity index is 1200. The van der Waals surface area contributed by atoms with Crippen molar-refractivity contribution in [3.05, 3.63) is 70.6 Å². The van der Waals surface area contributed by atoms with Gasteiger partial charge in [-0.2, -0.15) is 0 Å². The van der Waals surface area contributed by atoms with E-state index in [1.54, 1.807) is 23.9 Å². The van der Waals surface area contributed by atoms with E-state index in [-0.39, 0.29) is 11.5 Å². The van der Waals surface area contributed by atoms with Gasteiger partial charge in [-0.25, -0.2) is 0 Å². The Morgan fingerprint density at radius 1 is 1.00 bits per heavy atom. The highest BCUT2D eigenvalue weighted by Gasteiger charge is 2.33. The van der Waals surface area contributed by atoms with Crippen LogP contribution in [-0.2, 0) is 0 Å². The highest BCUT2D eigenvalue weighted by atomic mass is 16.5. The second-order valence-electron chi connectivity index (χ2n) is 9.17. The van der Waals surface area contributed by atoms with Gasteiger partial charge in [0.15, 0.2) is 0 Å². The lowest BCUT2D eigenvalue weighted by Gasteiger charge is -2.44. The van der Waals surface area contributed by atoms with Crippen molar-refractivity contribution in [1.29, 1.82) is 0 Å². The van der Waals surface area contributed by atoms with Gasteiger partial charge in [0.25, 0.3) is 11.5 Å². The molecule has 1 N–H and O–H groups in total. The third-order valence-corrected chi connectivity index (χ3v) is 7.27. The van der Waals surface area contributed by atoms with E-state index in [9.17, 15) is 9.59 Å². The van der Waals surface area contributed by atoms with Gasteiger partial charge in [0.05, 0.1) is 12.7 Å². The highest BCUT2D eigenvalue weighted by molar-refractivity contribution is 6.06. The number of ether oxygens (including phenoxy) is 1. The van der Waals surface area contributed by atoms with E-state index in [2.05, 4.69) is 10.2 Å². The van der Waals surface area contributed by atoms with Crippen molar-refractivity contribution in [3.8, 4) is 11.4 Å². The van der Waals surface area contributed by atoms with Crippen LogP contribution in [0.15, 0.2) is 59.5 Å². The van der Waals surface area contributed by atoms with Gasteiger partial charge in [-0.05, 0) is 75.0 Å². The van der Waals surface area contributed by atoms with Crippen LogP contribution < -0.4 is 15.6 Å². The van der Waals surface area contributed by atoms with Crippen molar-refractivity contribution in [2.75, 3.05) is 26.7 Å². The first-order valence-corrected chi connectivity index (χ1v) is 12.0. The van der Waals surface area contributed by atoms with Gasteiger partial charge in [-0.15, -0.1) is 0 Å². The molecule has 3 heterocycles. The molecule has 0 spiro atoms. The minimum absolute atomic E-state index is 0.124. The minimum Gasteiger partial charge on any atom is -0.497 e. The van der Waals surface area contributed by atoms with Gasteiger partial charge in [0.1, 0.15) is 5.75 Å². The van der Waals surface area contributed by atoms with E-state index >= 15 is 0 Å². The Morgan fingerprint density at radius 2 is 1.76 bits per heavy atom. The number of benzene rings is 2. The van der Waals surface area contributed by atoms with Crippen LogP contribution in [0.1, 0.15) is 42.5 Å². The van der Waals surface area contributed by atoms with E-state index in [0.29, 0.717) is 40.5 Å². The minimum atomic E-state index is -0.141. The predicted octanol–water partition coefficient (Wildman–Crippen LogP) is 3.99. The first kappa shape index (κ1) is 21.7. The molecule has 33 heavy (non-hydrogen) atoms. The summed E-state index contributed by atoms with van der Waals surface area (Å²) in [5.74, 6) is 1.08. The third-order valence-electron chi connectivity index (χ3n) is 7.27. The summed E-state index contributed by atoms with van der Waals surface area (Å²) in [6.07, 6.45) is 7.83. The van der Waals surface area contributed by atoms with Gasteiger partial charge in [-0.3, -0.25) is 14.2 Å². The lowest BCUT2D eigenvalue weighted by Crippen LogP contribution is -2.51. The van der Waals surface area contributed by atoms with Crippen LogP contribution in [0.2, 0.25) is 0 Å². The molecule has 1 aromatic heterocycles. The topological polar surface area (TPSA) is 63.6 Å². The summed E-state index contributed by atoms with van der Waals surface area (Å²) < 4.78 is 6.80. The van der Waals surface area contributed by atoms with Crippen LogP contribution in [0.25, 0.3) is 16.5 Å². The molecule has 3 aromatic rings. The maximum absolute atomic E-state index is 13.4. The molecule has 0 saturated carbocycles. The number of methoxy groups -OCH3 is 1. The molecule has 172 valence electrons. The second-order valence-corrected chi connectivity index (χ2v) is 9.17. The average Bonchev–Trinajstić information content (AvgIpc) is 2.88. The van der Waals surface area contributed by atoms with E-state index in [0.717, 1.165) is 12.2 Å². The van der Waals surface area contributed by atoms with Crippen LogP contribution in [-0.4, -0.2) is 48.2 Å². The molecular weight excluding hydrogens is 414 g/mol. The van der Waals surface area contributed by atoms with Crippen molar-refractivity contribution in [2.24, 2.45) is 5.92 Å². The van der Waals surface area contributed by atoms with Crippen LogP contribution in [0.3, 0.4) is 0 Å². The van der Waals surface area contributed by atoms with Gasteiger partial charge < -0.3 is 15.0 Å². The predicted molar refractivity (Wildman–Crippen MR) is 130 cm³/mol. The standard InChI is InChI=1S/C27H31N3O3/c1-33-21-13-11-20(12-14-21)30-18-24(22-8-2-3-9-23(22)27(30)32)26(31)28-17-19-7-6-16-29-15-5-4-10-25(19)29/h2-3,8-9,11-14,18-19,25H,4-7,10,15-17H2,1H3,(H,28,31)/t19-,25+/m0/s1. The lowest BCUT2D eigenvalue weighted by molar-refractivity contribution is 0.0576. The van der Waals surface area contributed by atoms with Gasteiger partial charge in [-0.1, -0.05) is 24.6 Å². The molecule has 6 nitrogen and oxygen atoms in total. The zero-order valence-electron chi connectivity index (χ0n) is 19.1. The summed E-state index contributed by atoms with van der Waals surface area (Å²) in [4.78, 5) is 29.2. The number of nitrogens with one attached hydrogen (secondary N) is 1. The van der Waals surface area contributed by atoms with Crippen LogP contribution in [0, 0.1) is 5.92 Å². The first-order chi connectivity index (χ1) is 16.2. The summed E-state index contributed by atoms with van der Waals surface area (Å²) in [5.41, 5.74) is 1.08. The molecule has 2 aliphatic heterocycles. The van der Waals surface area contributed by atoms with Gasteiger partial charge in [0, 0.05) is 35.2 Å². The molecule has 2 atom stereocenters. The van der Waals surface area contributed by atoms with E-state index < -0.39 is 0 Å². The maximum atomic E-state index is 13.4. The smallest absolute Gasteiger partial charge is 0.262 e. The molecule has 2 aromatic carbocycles. The van der Waals surface area contributed by atoms with Gasteiger partial charge >= 0.3 is 0 Å². The maximum Gasteiger partial charge on any atom is 0.262 e. The quantitative estimate of drug-likeness (QED) is 0.645. The number of hydrogen-bond donors (Lipinski definition) is 1. The number of piperidine rings is 2. The molecular formula is C27H31N3O3. The number of aromatic nitrogens is 1. The highest BCUT2D eigenvalue weighted by Crippen LogP contribution is 2.30. The third kappa shape index (κ3) is 4.27. The number of fused-ring (bicyclic) bond motifs is 2. The van der Waals surface area contributed by atoms with Crippen molar-refractivity contribution in [2.45, 2.75) is 38.1 Å². The Kier molecular flexibility index (Phi) is 6.18. The summed E-state index contributed by atoms with van der Waals surface area (Å²) in [7, 11) is 1.61. The number of carbonyl (C=O) groups is 1. The molecule has 1 amide bonds. The fraction of sp³-hybridized carbons (Fsp3) is 0.407. The van der Waals surface area contributed by atoms with E-state index in [1.165, 1.54) is 38.8 Å². The summed E-state index contributed by atoms with van der Waals surface area (Å²) in [5, 5.41) is 4.44. The monoisotopic (exact) mass is 445 g/mol. The van der Waals surface area contributed by atoms with Gasteiger partial charge in [0.2, 0.25) is 0 Å². The molecule has 2 fully saturated rings. The molecule has 0 radical (unpaired) electrons. The Labute approximate surface area is 194 Å². The Hall–Kier alpha value is -3.12. The number of carbonyl (C=O) groups excluding carboxylic acids is 1. The Morgan fingerprint density at radius 3 is 2.55 bits per heavy atom. The number of pyridine rings is 1. The molecule has 6 heteroatoms. The molecule has 2 saturated heterocycles. The van der Waals surface area contributed by atoms with Crippen molar-refractivity contribution in [1.82, 2.24) is 14.8 Å². The van der Waals surface area contributed by atoms with Crippen LogP contribution in [0.4, 0.5) is 0 Å². The van der Waals surface area contributed by atoms with Crippen LogP contribution in [0.5, 0.6) is 5.75 Å². The van der Waals surface area contributed by atoms with E-state index in [1.807, 2.05) is 42.5 Å². The van der Waals surface area contributed by atoms with Crippen LogP contribution >= 0.6 is 0 Å². The summed E-state index contributed by atoms with van der Waals surface area (Å²) in [6, 6.07) is 15.2. The number of hydrogen-bond acceptors (Lipinski definition) is 4. The van der Waals surface area contributed by atoms with Crippen molar-refractivity contribution in [3.63, 3.8) is 0 Å². The number of nitrogens with zero attached hydrogens (tertiary/aromatic N) is 2.